The van der Waals surface area contributed by atoms with Crippen LogP contribution >= 0.6 is 11.3 Å². The van der Waals surface area contributed by atoms with Crippen LogP contribution in [0, 0.1) is 5.92 Å². The number of aliphatic hydroxyl groups is 1. The van der Waals surface area contributed by atoms with Crippen LogP contribution < -0.4 is 15.4 Å². The SMILES string of the molecule is C[C@H]1CCCCO[C@H](CN(C)S(=O)(=O)c2cccs2)[C@@H](C)CN([C@@H](C)CO)C(=O)c2cc(NC(=O)Nc3ccccc3)ccc2O1. The Morgan fingerprint density at radius 2 is 1.83 bits per heavy atom. The van der Waals surface area contributed by atoms with Crippen LogP contribution in [0.2, 0.25) is 0 Å². The molecule has 3 amide bonds. The second-order valence-corrected chi connectivity index (χ2v) is 14.9. The zero-order chi connectivity index (χ0) is 33.3. The number of ether oxygens (including phenoxy) is 2. The van der Waals surface area contributed by atoms with Gasteiger partial charge in [-0.1, -0.05) is 31.2 Å². The first kappa shape index (κ1) is 35.4. The van der Waals surface area contributed by atoms with Crippen molar-refractivity contribution in [2.24, 2.45) is 5.92 Å². The summed E-state index contributed by atoms with van der Waals surface area (Å²) in [4.78, 5) is 28.6. The van der Waals surface area contributed by atoms with Crippen molar-refractivity contribution in [3.63, 3.8) is 0 Å². The zero-order valence-electron chi connectivity index (χ0n) is 26.7. The number of anilines is 2. The fraction of sp³-hybridized carbons (Fsp3) is 0.455. The van der Waals surface area contributed by atoms with Crippen LogP contribution in [-0.2, 0) is 14.8 Å². The molecule has 250 valence electrons. The van der Waals surface area contributed by atoms with E-state index in [9.17, 15) is 23.1 Å². The van der Waals surface area contributed by atoms with Crippen molar-refractivity contribution >= 4 is 44.7 Å². The zero-order valence-corrected chi connectivity index (χ0v) is 28.4. The highest BCUT2D eigenvalue weighted by atomic mass is 32.2. The van der Waals surface area contributed by atoms with Gasteiger partial charge in [0.15, 0.2) is 0 Å². The molecule has 3 N–H and O–H groups in total. The summed E-state index contributed by atoms with van der Waals surface area (Å²) >= 11 is 1.16. The molecule has 0 radical (unpaired) electrons. The molecule has 0 saturated heterocycles. The largest absolute Gasteiger partial charge is 0.490 e. The lowest BCUT2D eigenvalue weighted by Crippen LogP contribution is -2.48. The highest BCUT2D eigenvalue weighted by molar-refractivity contribution is 7.91. The highest BCUT2D eigenvalue weighted by Crippen LogP contribution is 2.29. The number of aliphatic hydroxyl groups excluding tert-OH is 1. The third-order valence-electron chi connectivity index (χ3n) is 7.94. The number of rotatable bonds is 8. The van der Waals surface area contributed by atoms with Crippen molar-refractivity contribution in [2.45, 2.75) is 62.5 Å². The van der Waals surface area contributed by atoms with Crippen molar-refractivity contribution in [1.29, 1.82) is 0 Å². The normalized spacial score (nSPS) is 20.7. The fourth-order valence-corrected chi connectivity index (χ4v) is 7.58. The van der Waals surface area contributed by atoms with Crippen LogP contribution in [0.25, 0.3) is 0 Å². The van der Waals surface area contributed by atoms with Crippen LogP contribution in [0.5, 0.6) is 5.75 Å². The van der Waals surface area contributed by atoms with Gasteiger partial charge in [-0.05, 0) is 74.9 Å². The number of fused-ring (bicyclic) bond motifs is 1. The van der Waals surface area contributed by atoms with Gasteiger partial charge >= 0.3 is 6.03 Å². The lowest BCUT2D eigenvalue weighted by atomic mass is 10.0. The van der Waals surface area contributed by atoms with E-state index in [-0.39, 0.29) is 41.5 Å². The van der Waals surface area contributed by atoms with Gasteiger partial charge in [0, 0.05) is 44.0 Å². The second-order valence-electron chi connectivity index (χ2n) is 11.7. The van der Waals surface area contributed by atoms with Gasteiger partial charge in [0.05, 0.1) is 30.4 Å². The number of urea groups is 1. The van der Waals surface area contributed by atoms with Gasteiger partial charge in [-0.2, -0.15) is 4.31 Å². The molecular formula is C33H44N4O7S2. The number of nitrogens with zero attached hydrogens (tertiary/aromatic N) is 2. The average Bonchev–Trinajstić information content (AvgIpc) is 3.59. The van der Waals surface area contributed by atoms with E-state index in [0.29, 0.717) is 30.2 Å². The number of hydrogen-bond donors (Lipinski definition) is 3. The van der Waals surface area contributed by atoms with E-state index in [1.165, 1.54) is 11.4 Å². The van der Waals surface area contributed by atoms with Crippen LogP contribution in [0.1, 0.15) is 50.4 Å². The first-order valence-corrected chi connectivity index (χ1v) is 17.8. The van der Waals surface area contributed by atoms with Crippen molar-refractivity contribution in [2.75, 3.05) is 44.0 Å². The maximum Gasteiger partial charge on any atom is 0.323 e. The predicted octanol–water partition coefficient (Wildman–Crippen LogP) is 5.51. The fourth-order valence-electron chi connectivity index (χ4n) is 5.19. The number of hydrogen-bond acceptors (Lipinski definition) is 8. The van der Waals surface area contributed by atoms with Crippen LogP contribution in [0.3, 0.4) is 0 Å². The Morgan fingerprint density at radius 3 is 2.52 bits per heavy atom. The summed E-state index contributed by atoms with van der Waals surface area (Å²) in [6, 6.07) is 16.2. The smallest absolute Gasteiger partial charge is 0.323 e. The predicted molar refractivity (Wildman–Crippen MR) is 180 cm³/mol. The Morgan fingerprint density at radius 1 is 1.09 bits per heavy atom. The first-order chi connectivity index (χ1) is 22.0. The molecule has 13 heteroatoms. The first-order valence-electron chi connectivity index (χ1n) is 15.5. The van der Waals surface area contributed by atoms with Crippen LogP contribution in [0.4, 0.5) is 16.2 Å². The summed E-state index contributed by atoms with van der Waals surface area (Å²) in [6.07, 6.45) is 1.53. The van der Waals surface area contributed by atoms with E-state index >= 15 is 0 Å². The molecule has 0 unspecified atom stereocenters. The number of benzene rings is 2. The van der Waals surface area contributed by atoms with E-state index in [4.69, 9.17) is 9.47 Å². The molecule has 2 aromatic carbocycles. The number of para-hydroxylation sites is 1. The molecule has 1 aliphatic rings. The molecule has 11 nitrogen and oxygen atoms in total. The Hall–Kier alpha value is -3.49. The minimum absolute atomic E-state index is 0.0949. The number of nitrogens with one attached hydrogen (secondary N) is 2. The number of amides is 3. The van der Waals surface area contributed by atoms with E-state index in [1.807, 2.05) is 32.0 Å². The third-order valence-corrected chi connectivity index (χ3v) is 11.1. The highest BCUT2D eigenvalue weighted by Gasteiger charge is 2.32. The molecule has 0 spiro atoms. The number of carbonyl (C=O) groups is 2. The summed E-state index contributed by atoms with van der Waals surface area (Å²) in [5.74, 6) is -0.317. The topological polar surface area (TPSA) is 138 Å². The Bertz CT molecular complexity index is 1540. The van der Waals surface area contributed by atoms with Gasteiger partial charge in [0.2, 0.25) is 0 Å². The molecule has 1 aliphatic heterocycles. The monoisotopic (exact) mass is 672 g/mol. The van der Waals surface area contributed by atoms with Crippen molar-refractivity contribution in [3.05, 3.63) is 71.6 Å². The van der Waals surface area contributed by atoms with E-state index < -0.39 is 34.1 Å². The molecule has 1 aromatic heterocycles. The maximum absolute atomic E-state index is 14.3. The third kappa shape index (κ3) is 9.29. The Labute approximate surface area is 275 Å². The van der Waals surface area contributed by atoms with Crippen molar-refractivity contribution in [1.82, 2.24) is 9.21 Å². The summed E-state index contributed by atoms with van der Waals surface area (Å²) in [7, 11) is -2.18. The molecule has 0 aliphatic carbocycles. The lowest BCUT2D eigenvalue weighted by Gasteiger charge is -2.35. The van der Waals surface area contributed by atoms with Gasteiger partial charge < -0.3 is 30.1 Å². The Kier molecular flexibility index (Phi) is 12.6. The lowest BCUT2D eigenvalue weighted by molar-refractivity contribution is -0.00832. The minimum atomic E-state index is -3.71. The van der Waals surface area contributed by atoms with Crippen molar-refractivity contribution < 1.29 is 32.6 Å². The second kappa shape index (κ2) is 16.4. The number of likely N-dealkylation sites (N-methyl/N-ethyl adjacent to an activating group) is 1. The van der Waals surface area contributed by atoms with Gasteiger partial charge in [-0.15, -0.1) is 11.3 Å². The van der Waals surface area contributed by atoms with Gasteiger partial charge in [-0.3, -0.25) is 4.79 Å². The van der Waals surface area contributed by atoms with Gasteiger partial charge in [0.25, 0.3) is 15.9 Å². The molecular weight excluding hydrogens is 629 g/mol. The van der Waals surface area contributed by atoms with E-state index in [0.717, 1.165) is 24.2 Å². The quantitative estimate of drug-likeness (QED) is 0.287. The summed E-state index contributed by atoms with van der Waals surface area (Å²) < 4.78 is 40.5. The number of thiophene rings is 1. The summed E-state index contributed by atoms with van der Waals surface area (Å²) in [5.41, 5.74) is 1.25. The summed E-state index contributed by atoms with van der Waals surface area (Å²) in [5, 5.41) is 17.5. The molecule has 46 heavy (non-hydrogen) atoms. The van der Waals surface area contributed by atoms with E-state index in [2.05, 4.69) is 10.6 Å². The molecule has 2 heterocycles. The average molecular weight is 673 g/mol. The molecule has 0 saturated carbocycles. The standard InChI is InChI=1S/C33H44N4O7S2/c1-23-20-37(24(2)22-38)32(39)28-19-27(35-33(40)34-26-12-6-5-7-13-26)15-16-29(28)44-25(3)11-8-9-17-43-30(23)21-36(4)46(41,42)31-14-10-18-45-31/h5-7,10,12-16,18-19,23-25,30,38H,8-9,11,17,20-22H2,1-4H3,(H2,34,35,40)/t23-,24-,25-,30+/m0/s1. The summed E-state index contributed by atoms with van der Waals surface area (Å²) in [6.45, 7) is 6.00. The molecule has 0 bridgehead atoms. The number of carbonyl (C=O) groups excluding carboxylic acids is 2. The minimum Gasteiger partial charge on any atom is -0.490 e. The van der Waals surface area contributed by atoms with Gasteiger partial charge in [-0.25, -0.2) is 13.2 Å². The number of sulfonamides is 1. The molecule has 3 aromatic rings. The Balaban J connectivity index is 1.62. The van der Waals surface area contributed by atoms with E-state index in [1.54, 1.807) is 59.7 Å². The van der Waals surface area contributed by atoms with Gasteiger partial charge in [0.1, 0.15) is 9.96 Å². The molecule has 4 atom stereocenters. The van der Waals surface area contributed by atoms with Crippen LogP contribution in [-0.4, -0.2) is 86.3 Å². The maximum atomic E-state index is 14.3. The van der Waals surface area contributed by atoms with Crippen LogP contribution in [0.15, 0.2) is 70.3 Å². The van der Waals surface area contributed by atoms with Crippen molar-refractivity contribution in [3.8, 4) is 5.75 Å². The molecule has 4 rings (SSSR count). The molecule has 0 fully saturated rings.